The molecule has 1 fully saturated rings. The van der Waals surface area contributed by atoms with E-state index in [4.69, 9.17) is 21.1 Å². The number of hydrogen-bond donors (Lipinski definition) is 1. The van der Waals surface area contributed by atoms with E-state index < -0.39 is 0 Å². The van der Waals surface area contributed by atoms with Gasteiger partial charge in [0, 0.05) is 6.54 Å². The number of rotatable bonds is 7. The number of benzene rings is 1. The van der Waals surface area contributed by atoms with E-state index in [9.17, 15) is 0 Å². The van der Waals surface area contributed by atoms with Gasteiger partial charge >= 0.3 is 0 Å². The van der Waals surface area contributed by atoms with Gasteiger partial charge in [0.25, 0.3) is 0 Å². The first-order valence-electron chi connectivity index (χ1n) is 7.79. The van der Waals surface area contributed by atoms with Crippen molar-refractivity contribution in [3.63, 3.8) is 0 Å². The molecule has 0 radical (unpaired) electrons. The molecule has 0 bridgehead atoms. The molecule has 1 aliphatic heterocycles. The molecule has 0 aliphatic carbocycles. The van der Waals surface area contributed by atoms with Gasteiger partial charge in [0.15, 0.2) is 0 Å². The van der Waals surface area contributed by atoms with E-state index in [1.165, 1.54) is 0 Å². The third kappa shape index (κ3) is 5.50. The molecule has 0 saturated carbocycles. The minimum Gasteiger partial charge on any atom is -0.489 e. The van der Waals surface area contributed by atoms with Crippen LogP contribution in [-0.2, 0) is 4.74 Å². The molecule has 1 aliphatic rings. The largest absolute Gasteiger partial charge is 0.489 e. The predicted octanol–water partition coefficient (Wildman–Crippen LogP) is 3.82. The first kappa shape index (κ1) is 16.6. The molecule has 1 N–H and O–H groups in total. The lowest BCUT2D eigenvalue weighted by molar-refractivity contribution is 0.0184. The summed E-state index contributed by atoms with van der Waals surface area (Å²) in [5.74, 6) is 1.42. The van der Waals surface area contributed by atoms with E-state index in [2.05, 4.69) is 19.2 Å². The Kier molecular flexibility index (Phi) is 6.34. The maximum Gasteiger partial charge on any atom is 0.138 e. The molecule has 0 aromatic heterocycles. The standard InChI is InChI=1S/C17H26ClNO2/c1-12(2)9-19-10-14-5-6-15(21-14)11-20-17-7-4-13(3)8-16(17)18/h4,7-8,12,14-15,19H,5-6,9-11H2,1-3H3. The molecule has 1 saturated heterocycles. The Morgan fingerprint density at radius 2 is 2.10 bits per heavy atom. The average molecular weight is 312 g/mol. The first-order chi connectivity index (χ1) is 10.0. The maximum absolute atomic E-state index is 6.17. The van der Waals surface area contributed by atoms with Crippen molar-refractivity contribution in [1.29, 1.82) is 0 Å². The first-order valence-corrected chi connectivity index (χ1v) is 8.17. The SMILES string of the molecule is Cc1ccc(OCC2CCC(CNCC(C)C)O2)c(Cl)c1. The minimum atomic E-state index is 0.174. The van der Waals surface area contributed by atoms with Crippen LogP contribution < -0.4 is 10.1 Å². The number of aryl methyl sites for hydroxylation is 1. The lowest BCUT2D eigenvalue weighted by Gasteiger charge is -2.16. The van der Waals surface area contributed by atoms with Crippen LogP contribution in [0.1, 0.15) is 32.3 Å². The summed E-state index contributed by atoms with van der Waals surface area (Å²) in [6.07, 6.45) is 2.64. The van der Waals surface area contributed by atoms with Gasteiger partial charge < -0.3 is 14.8 Å². The van der Waals surface area contributed by atoms with Crippen LogP contribution in [0.2, 0.25) is 5.02 Å². The average Bonchev–Trinajstić information content (AvgIpc) is 2.85. The van der Waals surface area contributed by atoms with Crippen LogP contribution in [0.5, 0.6) is 5.75 Å². The van der Waals surface area contributed by atoms with Crippen LogP contribution in [-0.4, -0.2) is 31.9 Å². The van der Waals surface area contributed by atoms with Gasteiger partial charge in [-0.3, -0.25) is 0 Å². The van der Waals surface area contributed by atoms with E-state index in [-0.39, 0.29) is 6.10 Å². The molecule has 2 atom stereocenters. The molecule has 1 aromatic rings. The highest BCUT2D eigenvalue weighted by molar-refractivity contribution is 6.32. The minimum absolute atomic E-state index is 0.174. The molecule has 2 rings (SSSR count). The Morgan fingerprint density at radius 1 is 1.33 bits per heavy atom. The molecular weight excluding hydrogens is 286 g/mol. The normalized spacial score (nSPS) is 22.0. The van der Waals surface area contributed by atoms with Crippen molar-refractivity contribution in [2.24, 2.45) is 5.92 Å². The quantitative estimate of drug-likeness (QED) is 0.830. The van der Waals surface area contributed by atoms with E-state index in [0.29, 0.717) is 23.7 Å². The Morgan fingerprint density at radius 3 is 2.81 bits per heavy atom. The van der Waals surface area contributed by atoms with Gasteiger partial charge in [-0.15, -0.1) is 0 Å². The van der Waals surface area contributed by atoms with Crippen molar-refractivity contribution >= 4 is 11.6 Å². The van der Waals surface area contributed by atoms with Gasteiger partial charge in [-0.1, -0.05) is 31.5 Å². The van der Waals surface area contributed by atoms with E-state index in [0.717, 1.165) is 37.2 Å². The molecule has 1 heterocycles. The topological polar surface area (TPSA) is 30.5 Å². The van der Waals surface area contributed by atoms with Crippen LogP contribution in [0.4, 0.5) is 0 Å². The molecule has 2 unspecified atom stereocenters. The fraction of sp³-hybridized carbons (Fsp3) is 0.647. The van der Waals surface area contributed by atoms with E-state index in [1.807, 2.05) is 25.1 Å². The van der Waals surface area contributed by atoms with Gasteiger partial charge in [-0.2, -0.15) is 0 Å². The summed E-state index contributed by atoms with van der Waals surface area (Å²) in [7, 11) is 0. The van der Waals surface area contributed by atoms with Crippen molar-refractivity contribution < 1.29 is 9.47 Å². The van der Waals surface area contributed by atoms with Crippen LogP contribution in [0.15, 0.2) is 18.2 Å². The summed E-state index contributed by atoms with van der Waals surface area (Å²) >= 11 is 6.17. The van der Waals surface area contributed by atoms with Gasteiger partial charge in [0.05, 0.1) is 17.2 Å². The van der Waals surface area contributed by atoms with Crippen molar-refractivity contribution in [1.82, 2.24) is 5.32 Å². The molecular formula is C17H26ClNO2. The van der Waals surface area contributed by atoms with Gasteiger partial charge in [-0.25, -0.2) is 0 Å². The second kappa shape index (κ2) is 8.02. The Balaban J connectivity index is 1.70. The third-order valence-corrected chi connectivity index (χ3v) is 3.93. The summed E-state index contributed by atoms with van der Waals surface area (Å²) in [5.41, 5.74) is 1.14. The van der Waals surface area contributed by atoms with Gasteiger partial charge in [0.1, 0.15) is 12.4 Å². The summed E-state index contributed by atoms with van der Waals surface area (Å²) in [6, 6.07) is 5.86. The fourth-order valence-electron chi connectivity index (χ4n) is 2.49. The second-order valence-electron chi connectivity index (χ2n) is 6.25. The van der Waals surface area contributed by atoms with Crippen molar-refractivity contribution in [3.8, 4) is 5.75 Å². The van der Waals surface area contributed by atoms with Crippen LogP contribution in [0.25, 0.3) is 0 Å². The number of hydrogen-bond acceptors (Lipinski definition) is 3. The number of nitrogens with one attached hydrogen (secondary N) is 1. The zero-order chi connectivity index (χ0) is 15.2. The van der Waals surface area contributed by atoms with E-state index in [1.54, 1.807) is 0 Å². The zero-order valence-corrected chi connectivity index (χ0v) is 14.0. The predicted molar refractivity (Wildman–Crippen MR) is 87.3 cm³/mol. The molecule has 0 amide bonds. The smallest absolute Gasteiger partial charge is 0.138 e. The summed E-state index contributed by atoms with van der Waals surface area (Å²) < 4.78 is 11.8. The molecule has 3 nitrogen and oxygen atoms in total. The highest BCUT2D eigenvalue weighted by Crippen LogP contribution is 2.27. The number of ether oxygens (including phenoxy) is 2. The second-order valence-corrected chi connectivity index (χ2v) is 6.66. The molecule has 4 heteroatoms. The Bertz CT molecular complexity index is 450. The molecule has 118 valence electrons. The van der Waals surface area contributed by atoms with Gasteiger partial charge in [-0.05, 0) is 49.9 Å². The van der Waals surface area contributed by atoms with Crippen molar-refractivity contribution in [3.05, 3.63) is 28.8 Å². The molecule has 1 aromatic carbocycles. The Labute approximate surface area is 133 Å². The Hall–Kier alpha value is -0.770. The van der Waals surface area contributed by atoms with Crippen LogP contribution >= 0.6 is 11.6 Å². The van der Waals surface area contributed by atoms with Crippen LogP contribution in [0, 0.1) is 12.8 Å². The fourth-order valence-corrected chi connectivity index (χ4v) is 2.78. The molecule has 0 spiro atoms. The van der Waals surface area contributed by atoms with Crippen molar-refractivity contribution in [2.75, 3.05) is 19.7 Å². The summed E-state index contributed by atoms with van der Waals surface area (Å²) in [5, 5.41) is 4.12. The third-order valence-electron chi connectivity index (χ3n) is 3.63. The van der Waals surface area contributed by atoms with E-state index >= 15 is 0 Å². The lowest BCUT2D eigenvalue weighted by Crippen LogP contribution is -2.30. The highest BCUT2D eigenvalue weighted by Gasteiger charge is 2.25. The maximum atomic E-state index is 6.17. The summed E-state index contributed by atoms with van der Waals surface area (Å²) in [4.78, 5) is 0. The lowest BCUT2D eigenvalue weighted by atomic mass is 10.2. The zero-order valence-electron chi connectivity index (χ0n) is 13.2. The van der Waals surface area contributed by atoms with Crippen molar-refractivity contribution in [2.45, 2.75) is 45.8 Å². The monoisotopic (exact) mass is 311 g/mol. The molecule has 21 heavy (non-hydrogen) atoms. The summed E-state index contributed by atoms with van der Waals surface area (Å²) in [6.45, 7) is 8.99. The number of halogens is 1. The highest BCUT2D eigenvalue weighted by atomic mass is 35.5. The van der Waals surface area contributed by atoms with Crippen LogP contribution in [0.3, 0.4) is 0 Å². The van der Waals surface area contributed by atoms with Gasteiger partial charge in [0.2, 0.25) is 0 Å².